The number of hydrogen-bond acceptors (Lipinski definition) is 4. The van der Waals surface area contributed by atoms with Gasteiger partial charge in [-0.2, -0.15) is 5.21 Å². The van der Waals surface area contributed by atoms with E-state index >= 15 is 0 Å². The summed E-state index contributed by atoms with van der Waals surface area (Å²) in [4.78, 5) is 13.0. The first kappa shape index (κ1) is 18.7. The van der Waals surface area contributed by atoms with E-state index in [1.807, 2.05) is 29.0 Å². The fourth-order valence-electron chi connectivity index (χ4n) is 4.15. The van der Waals surface area contributed by atoms with Crippen molar-refractivity contribution in [3.05, 3.63) is 35.8 Å². The molecule has 0 saturated heterocycles. The molecule has 0 bridgehead atoms. The number of aromatic nitrogens is 5. The van der Waals surface area contributed by atoms with E-state index in [1.54, 1.807) is 0 Å². The third kappa shape index (κ3) is 4.10. The van der Waals surface area contributed by atoms with Gasteiger partial charge in [0, 0.05) is 36.6 Å². The molecule has 2 N–H and O–H groups in total. The van der Waals surface area contributed by atoms with E-state index < -0.39 is 0 Å². The molecular formula is C20H25BN6O. The molecule has 2 heterocycles. The van der Waals surface area contributed by atoms with Crippen LogP contribution in [0.25, 0.3) is 10.9 Å². The number of carbonyl (C=O) groups is 1. The summed E-state index contributed by atoms with van der Waals surface area (Å²) in [6.07, 6.45) is 10.1. The Labute approximate surface area is 165 Å². The smallest absolute Gasteiger partial charge is 0.253 e. The molecule has 2 aromatic heterocycles. The minimum absolute atomic E-state index is 0.0505. The standard InChI is InChI=1S/C20H25BN6O/c21-16-8-5-9-17-19(16)15(13-27(17)11-10-18-23-25-26-24-18)20(28)22-12-14-6-3-1-2-4-7-14/h5,8-9,13-14H,1-4,6-7,10-12H2,(H,22,28)(H,23,24,25,26). The fourth-order valence-corrected chi connectivity index (χ4v) is 4.15. The van der Waals surface area contributed by atoms with Crippen molar-refractivity contribution in [1.82, 2.24) is 30.5 Å². The van der Waals surface area contributed by atoms with Crippen LogP contribution >= 0.6 is 0 Å². The summed E-state index contributed by atoms with van der Waals surface area (Å²) in [5.41, 5.74) is 2.20. The minimum atomic E-state index is -0.0505. The van der Waals surface area contributed by atoms with Gasteiger partial charge in [0.15, 0.2) is 5.82 Å². The Morgan fingerprint density at radius 1 is 1.25 bits per heavy atom. The van der Waals surface area contributed by atoms with E-state index in [1.165, 1.54) is 38.5 Å². The summed E-state index contributed by atoms with van der Waals surface area (Å²) < 4.78 is 2.04. The molecular weight excluding hydrogens is 351 g/mol. The van der Waals surface area contributed by atoms with Crippen molar-refractivity contribution in [3.63, 3.8) is 0 Å². The summed E-state index contributed by atoms with van der Waals surface area (Å²) in [7, 11) is 6.23. The van der Waals surface area contributed by atoms with Gasteiger partial charge in [0.2, 0.25) is 0 Å². The number of benzene rings is 1. The van der Waals surface area contributed by atoms with Gasteiger partial charge in [0.05, 0.1) is 5.56 Å². The van der Waals surface area contributed by atoms with E-state index in [0.717, 1.165) is 17.4 Å². The first-order valence-electron chi connectivity index (χ1n) is 10.1. The number of carbonyl (C=O) groups excluding carboxylic acids is 1. The van der Waals surface area contributed by atoms with Crippen LogP contribution in [0.5, 0.6) is 0 Å². The first-order chi connectivity index (χ1) is 13.7. The Hall–Kier alpha value is -2.64. The average Bonchev–Trinajstić information content (AvgIpc) is 3.27. The fraction of sp³-hybridized carbons (Fsp3) is 0.500. The molecule has 1 saturated carbocycles. The normalized spacial score (nSPS) is 15.6. The number of aryl methyl sites for hydroxylation is 2. The van der Waals surface area contributed by atoms with Gasteiger partial charge in [-0.3, -0.25) is 4.79 Å². The van der Waals surface area contributed by atoms with E-state index in [2.05, 4.69) is 25.9 Å². The maximum Gasteiger partial charge on any atom is 0.253 e. The third-order valence-electron chi connectivity index (χ3n) is 5.67. The van der Waals surface area contributed by atoms with Crippen LogP contribution in [-0.2, 0) is 13.0 Å². The molecule has 1 amide bonds. The Balaban J connectivity index is 1.52. The van der Waals surface area contributed by atoms with Crippen molar-refractivity contribution in [2.45, 2.75) is 51.5 Å². The summed E-state index contributed by atoms with van der Waals surface area (Å²) in [5.74, 6) is 1.17. The monoisotopic (exact) mass is 376 g/mol. The lowest BCUT2D eigenvalue weighted by Crippen LogP contribution is -2.29. The van der Waals surface area contributed by atoms with Crippen LogP contribution in [-0.4, -0.2) is 45.5 Å². The minimum Gasteiger partial charge on any atom is -0.352 e. The molecule has 1 aliphatic carbocycles. The predicted molar refractivity (Wildman–Crippen MR) is 109 cm³/mol. The molecule has 1 aliphatic rings. The summed E-state index contributed by atoms with van der Waals surface area (Å²) in [6, 6.07) is 5.74. The molecule has 0 aliphatic heterocycles. The van der Waals surface area contributed by atoms with E-state index in [-0.39, 0.29) is 5.91 Å². The SMILES string of the molecule is [B]c1cccc2c1c(C(=O)NCC1CCCCCC1)cn2CCc1nn[nH]n1. The van der Waals surface area contributed by atoms with Gasteiger partial charge in [-0.05, 0) is 24.8 Å². The molecule has 8 heteroatoms. The van der Waals surface area contributed by atoms with Crippen LogP contribution in [0.3, 0.4) is 0 Å². The molecule has 0 atom stereocenters. The molecule has 0 spiro atoms. The zero-order chi connectivity index (χ0) is 19.3. The topological polar surface area (TPSA) is 88.5 Å². The number of nitrogens with zero attached hydrogens (tertiary/aromatic N) is 4. The lowest BCUT2D eigenvalue weighted by Gasteiger charge is -2.14. The first-order valence-corrected chi connectivity index (χ1v) is 10.1. The summed E-state index contributed by atoms with van der Waals surface area (Å²) in [6.45, 7) is 1.39. The quantitative estimate of drug-likeness (QED) is 0.508. The van der Waals surface area contributed by atoms with Crippen LogP contribution in [0, 0.1) is 5.92 Å². The van der Waals surface area contributed by atoms with Gasteiger partial charge in [-0.15, -0.1) is 10.2 Å². The van der Waals surface area contributed by atoms with Crippen molar-refractivity contribution in [2.24, 2.45) is 5.92 Å². The second-order valence-electron chi connectivity index (χ2n) is 7.62. The maximum atomic E-state index is 13.0. The van der Waals surface area contributed by atoms with Crippen LogP contribution in [0.4, 0.5) is 0 Å². The summed E-state index contributed by atoms with van der Waals surface area (Å²) in [5, 5.41) is 18.0. The van der Waals surface area contributed by atoms with Crippen molar-refractivity contribution in [2.75, 3.05) is 6.54 Å². The average molecular weight is 376 g/mol. The number of hydrogen-bond donors (Lipinski definition) is 2. The highest BCUT2D eigenvalue weighted by molar-refractivity contribution is 6.40. The Bertz CT molecular complexity index is 928. The second-order valence-corrected chi connectivity index (χ2v) is 7.62. The van der Waals surface area contributed by atoms with Gasteiger partial charge >= 0.3 is 0 Å². The number of amides is 1. The molecule has 4 rings (SSSR count). The van der Waals surface area contributed by atoms with Crippen LogP contribution in [0.1, 0.15) is 54.7 Å². The van der Waals surface area contributed by atoms with Crippen LogP contribution < -0.4 is 10.8 Å². The van der Waals surface area contributed by atoms with Crippen LogP contribution in [0.2, 0.25) is 0 Å². The molecule has 1 fully saturated rings. The number of tetrazole rings is 1. The zero-order valence-corrected chi connectivity index (χ0v) is 16.0. The van der Waals surface area contributed by atoms with Crippen molar-refractivity contribution >= 4 is 30.1 Å². The Morgan fingerprint density at radius 3 is 2.82 bits per heavy atom. The number of aromatic amines is 1. The zero-order valence-electron chi connectivity index (χ0n) is 16.0. The predicted octanol–water partition coefficient (Wildman–Crippen LogP) is 1.89. The van der Waals surface area contributed by atoms with Gasteiger partial charge in [-0.1, -0.05) is 48.5 Å². The molecule has 0 unspecified atom stereocenters. The van der Waals surface area contributed by atoms with E-state index in [0.29, 0.717) is 35.7 Å². The summed E-state index contributed by atoms with van der Waals surface area (Å²) >= 11 is 0. The van der Waals surface area contributed by atoms with Gasteiger partial charge < -0.3 is 9.88 Å². The van der Waals surface area contributed by atoms with Crippen LogP contribution in [0.15, 0.2) is 24.4 Å². The van der Waals surface area contributed by atoms with E-state index in [4.69, 9.17) is 7.85 Å². The highest BCUT2D eigenvalue weighted by Crippen LogP contribution is 2.23. The Kier molecular flexibility index (Phi) is 5.74. The molecule has 1 aromatic carbocycles. The second kappa shape index (κ2) is 8.58. The van der Waals surface area contributed by atoms with Crippen molar-refractivity contribution < 1.29 is 4.79 Å². The number of H-pyrrole nitrogens is 1. The maximum absolute atomic E-state index is 13.0. The molecule has 7 nitrogen and oxygen atoms in total. The van der Waals surface area contributed by atoms with Gasteiger partial charge in [0.25, 0.3) is 5.91 Å². The molecule has 2 radical (unpaired) electrons. The number of rotatable bonds is 6. The molecule has 3 aromatic rings. The number of fused-ring (bicyclic) bond motifs is 1. The third-order valence-corrected chi connectivity index (χ3v) is 5.67. The molecule has 28 heavy (non-hydrogen) atoms. The highest BCUT2D eigenvalue weighted by Gasteiger charge is 2.19. The lowest BCUT2D eigenvalue weighted by molar-refractivity contribution is 0.0947. The van der Waals surface area contributed by atoms with Crippen molar-refractivity contribution in [3.8, 4) is 0 Å². The molecule has 144 valence electrons. The highest BCUT2D eigenvalue weighted by atomic mass is 16.1. The lowest BCUT2D eigenvalue weighted by atomic mass is 9.90. The Morgan fingerprint density at radius 2 is 2.07 bits per heavy atom. The van der Waals surface area contributed by atoms with Crippen molar-refractivity contribution in [1.29, 1.82) is 0 Å². The van der Waals surface area contributed by atoms with Gasteiger partial charge in [0.1, 0.15) is 7.85 Å². The van der Waals surface area contributed by atoms with Gasteiger partial charge in [-0.25, -0.2) is 0 Å². The largest absolute Gasteiger partial charge is 0.352 e. The number of nitrogens with one attached hydrogen (secondary N) is 2. The van der Waals surface area contributed by atoms with E-state index in [9.17, 15) is 4.79 Å².